The van der Waals surface area contributed by atoms with Crippen LogP contribution in [0.1, 0.15) is 11.5 Å². The van der Waals surface area contributed by atoms with E-state index in [0.717, 1.165) is 43.4 Å². The molecule has 1 aliphatic heterocycles. The van der Waals surface area contributed by atoms with Crippen molar-refractivity contribution in [2.45, 2.75) is 13.5 Å². The number of anilines is 1. The van der Waals surface area contributed by atoms with E-state index in [1.54, 1.807) is 0 Å². The predicted molar refractivity (Wildman–Crippen MR) is 77.1 cm³/mol. The molecule has 1 saturated heterocycles. The number of nitrogens with one attached hydrogen (secondary N) is 1. The number of aryl methyl sites for hydroxylation is 1. The van der Waals surface area contributed by atoms with Gasteiger partial charge in [-0.15, -0.1) is 0 Å². The van der Waals surface area contributed by atoms with Crippen molar-refractivity contribution in [2.75, 3.05) is 31.1 Å². The minimum absolute atomic E-state index is 0.435. The average Bonchev–Trinajstić information content (AvgIpc) is 2.92. The first-order chi connectivity index (χ1) is 9.81. The third kappa shape index (κ3) is 3.11. The van der Waals surface area contributed by atoms with E-state index in [9.17, 15) is 0 Å². The average molecular weight is 273 g/mol. The molecular weight excluding hydrogens is 254 g/mol. The lowest BCUT2D eigenvalue weighted by Crippen LogP contribution is -2.43. The Morgan fingerprint density at radius 3 is 2.65 bits per heavy atom. The first kappa shape index (κ1) is 13.0. The Labute approximate surface area is 118 Å². The minimum atomic E-state index is 0.435. The molecule has 5 nitrogen and oxygen atoms in total. The SMILES string of the molecule is Cc1cc(COc2ccc(N3CCNCC3)cc2)no1. The van der Waals surface area contributed by atoms with Gasteiger partial charge in [0.15, 0.2) is 0 Å². The van der Waals surface area contributed by atoms with Gasteiger partial charge in [0, 0.05) is 37.9 Å². The molecule has 3 rings (SSSR count). The number of hydrogen-bond acceptors (Lipinski definition) is 5. The van der Waals surface area contributed by atoms with Crippen LogP contribution in [0.2, 0.25) is 0 Å². The van der Waals surface area contributed by atoms with Crippen molar-refractivity contribution in [1.82, 2.24) is 10.5 Å². The summed E-state index contributed by atoms with van der Waals surface area (Å²) in [6.45, 7) is 6.51. The monoisotopic (exact) mass is 273 g/mol. The van der Waals surface area contributed by atoms with Gasteiger partial charge in [0.25, 0.3) is 0 Å². The maximum atomic E-state index is 5.69. The smallest absolute Gasteiger partial charge is 0.134 e. The van der Waals surface area contributed by atoms with Crippen LogP contribution in [0.3, 0.4) is 0 Å². The van der Waals surface area contributed by atoms with Gasteiger partial charge in [0.1, 0.15) is 23.8 Å². The fourth-order valence-electron chi connectivity index (χ4n) is 2.32. The minimum Gasteiger partial charge on any atom is -0.487 e. The molecule has 2 heterocycles. The number of nitrogens with zero attached hydrogens (tertiary/aromatic N) is 2. The molecule has 5 heteroatoms. The van der Waals surface area contributed by atoms with Crippen LogP contribution in [-0.2, 0) is 6.61 Å². The van der Waals surface area contributed by atoms with Gasteiger partial charge in [0.05, 0.1) is 0 Å². The van der Waals surface area contributed by atoms with Crippen LogP contribution in [0.4, 0.5) is 5.69 Å². The highest BCUT2D eigenvalue weighted by molar-refractivity contribution is 5.49. The van der Waals surface area contributed by atoms with Gasteiger partial charge < -0.3 is 19.5 Å². The highest BCUT2D eigenvalue weighted by Crippen LogP contribution is 2.20. The molecule has 0 atom stereocenters. The summed E-state index contributed by atoms with van der Waals surface area (Å²) in [5, 5.41) is 7.26. The lowest BCUT2D eigenvalue weighted by Gasteiger charge is -2.29. The summed E-state index contributed by atoms with van der Waals surface area (Å²) < 4.78 is 10.7. The zero-order valence-electron chi connectivity index (χ0n) is 11.6. The van der Waals surface area contributed by atoms with E-state index in [1.807, 2.05) is 25.1 Å². The summed E-state index contributed by atoms with van der Waals surface area (Å²) in [6.07, 6.45) is 0. The first-order valence-electron chi connectivity index (χ1n) is 6.92. The van der Waals surface area contributed by atoms with Crippen molar-refractivity contribution in [3.05, 3.63) is 41.8 Å². The van der Waals surface area contributed by atoms with Gasteiger partial charge in [-0.25, -0.2) is 0 Å². The zero-order valence-corrected chi connectivity index (χ0v) is 11.6. The van der Waals surface area contributed by atoms with E-state index in [4.69, 9.17) is 9.26 Å². The standard InChI is InChI=1S/C15H19N3O2/c1-12-10-13(17-20-12)11-19-15-4-2-14(3-5-15)18-8-6-16-7-9-18/h2-5,10,16H,6-9,11H2,1H3. The van der Waals surface area contributed by atoms with Crippen LogP contribution in [-0.4, -0.2) is 31.3 Å². The van der Waals surface area contributed by atoms with Gasteiger partial charge in [-0.05, 0) is 31.2 Å². The molecule has 20 heavy (non-hydrogen) atoms. The molecule has 1 aromatic heterocycles. The van der Waals surface area contributed by atoms with E-state index in [1.165, 1.54) is 5.69 Å². The molecule has 0 unspecified atom stereocenters. The molecular formula is C15H19N3O2. The third-order valence-electron chi connectivity index (χ3n) is 3.38. The van der Waals surface area contributed by atoms with Crippen LogP contribution in [0.5, 0.6) is 5.75 Å². The lowest BCUT2D eigenvalue weighted by molar-refractivity contribution is 0.288. The van der Waals surface area contributed by atoms with Gasteiger partial charge in [0.2, 0.25) is 0 Å². The Kier molecular flexibility index (Phi) is 3.87. The summed E-state index contributed by atoms with van der Waals surface area (Å²) in [5.74, 6) is 1.65. The predicted octanol–water partition coefficient (Wildman–Crippen LogP) is 1.97. The highest BCUT2D eigenvalue weighted by Gasteiger charge is 2.10. The topological polar surface area (TPSA) is 50.5 Å². The van der Waals surface area contributed by atoms with Crippen molar-refractivity contribution in [3.63, 3.8) is 0 Å². The fraction of sp³-hybridized carbons (Fsp3) is 0.400. The van der Waals surface area contributed by atoms with E-state index in [-0.39, 0.29) is 0 Å². The summed E-state index contributed by atoms with van der Waals surface area (Å²) >= 11 is 0. The summed E-state index contributed by atoms with van der Waals surface area (Å²) in [5.41, 5.74) is 2.06. The largest absolute Gasteiger partial charge is 0.487 e. The molecule has 0 saturated carbocycles. The molecule has 1 aliphatic rings. The number of piperazine rings is 1. The van der Waals surface area contributed by atoms with Crippen molar-refractivity contribution >= 4 is 5.69 Å². The second-order valence-corrected chi connectivity index (χ2v) is 4.95. The van der Waals surface area contributed by atoms with Crippen molar-refractivity contribution in [3.8, 4) is 5.75 Å². The Bertz CT molecular complexity index is 545. The second kappa shape index (κ2) is 5.96. The quantitative estimate of drug-likeness (QED) is 0.923. The normalized spacial score (nSPS) is 15.3. The van der Waals surface area contributed by atoms with Crippen molar-refractivity contribution in [1.29, 1.82) is 0 Å². The van der Waals surface area contributed by atoms with Crippen molar-refractivity contribution in [2.24, 2.45) is 0 Å². The zero-order chi connectivity index (χ0) is 13.8. The van der Waals surface area contributed by atoms with Crippen LogP contribution in [0.25, 0.3) is 0 Å². The van der Waals surface area contributed by atoms with E-state index in [2.05, 4.69) is 27.5 Å². The molecule has 2 aromatic rings. The van der Waals surface area contributed by atoms with Crippen LogP contribution >= 0.6 is 0 Å². The molecule has 0 amide bonds. The fourth-order valence-corrected chi connectivity index (χ4v) is 2.32. The van der Waals surface area contributed by atoms with Gasteiger partial charge >= 0.3 is 0 Å². The molecule has 1 aromatic carbocycles. The molecule has 1 fully saturated rings. The Morgan fingerprint density at radius 2 is 2.00 bits per heavy atom. The van der Waals surface area contributed by atoms with Gasteiger partial charge in [-0.2, -0.15) is 0 Å². The maximum absolute atomic E-state index is 5.69. The van der Waals surface area contributed by atoms with Crippen LogP contribution < -0.4 is 15.0 Å². The van der Waals surface area contributed by atoms with Gasteiger partial charge in [-0.1, -0.05) is 5.16 Å². The number of hydrogen-bond donors (Lipinski definition) is 1. The maximum Gasteiger partial charge on any atom is 0.134 e. The summed E-state index contributed by atoms with van der Waals surface area (Å²) in [6, 6.07) is 10.1. The number of benzene rings is 1. The summed E-state index contributed by atoms with van der Waals surface area (Å²) in [7, 11) is 0. The number of ether oxygens (including phenoxy) is 1. The molecule has 0 radical (unpaired) electrons. The highest BCUT2D eigenvalue weighted by atomic mass is 16.5. The van der Waals surface area contributed by atoms with E-state index >= 15 is 0 Å². The molecule has 106 valence electrons. The molecule has 1 N–H and O–H groups in total. The van der Waals surface area contributed by atoms with E-state index < -0.39 is 0 Å². The Hall–Kier alpha value is -2.01. The number of rotatable bonds is 4. The molecule has 0 bridgehead atoms. The third-order valence-corrected chi connectivity index (χ3v) is 3.38. The van der Waals surface area contributed by atoms with Crippen LogP contribution in [0.15, 0.2) is 34.9 Å². The lowest BCUT2D eigenvalue weighted by atomic mass is 10.2. The van der Waals surface area contributed by atoms with Gasteiger partial charge in [-0.3, -0.25) is 0 Å². The van der Waals surface area contributed by atoms with Crippen molar-refractivity contribution < 1.29 is 9.26 Å². The molecule has 0 spiro atoms. The second-order valence-electron chi connectivity index (χ2n) is 4.95. The Balaban J connectivity index is 1.58. The molecule has 0 aliphatic carbocycles. The first-order valence-corrected chi connectivity index (χ1v) is 6.92. The number of aromatic nitrogens is 1. The van der Waals surface area contributed by atoms with E-state index in [0.29, 0.717) is 6.61 Å². The Morgan fingerprint density at radius 1 is 1.25 bits per heavy atom. The van der Waals surface area contributed by atoms with Crippen LogP contribution in [0, 0.1) is 6.92 Å². The summed E-state index contributed by atoms with van der Waals surface area (Å²) in [4.78, 5) is 2.38.